The smallest absolute Gasteiger partial charge is 0.122 e. The van der Waals surface area contributed by atoms with Crippen molar-refractivity contribution in [3.05, 3.63) is 24.5 Å². The van der Waals surface area contributed by atoms with Gasteiger partial charge in [-0.15, -0.1) is 0 Å². The number of aromatic nitrogens is 1. The summed E-state index contributed by atoms with van der Waals surface area (Å²) in [6.07, 6.45) is 5.47. The Kier molecular flexibility index (Phi) is 4.16. The number of pyridine rings is 1. The first kappa shape index (κ1) is 9.00. The maximum Gasteiger partial charge on any atom is 0.122 e. The van der Waals surface area contributed by atoms with Gasteiger partial charge in [0.15, 0.2) is 0 Å². The molecule has 0 aliphatic heterocycles. The van der Waals surface area contributed by atoms with Crippen molar-refractivity contribution in [3.8, 4) is 5.75 Å². The summed E-state index contributed by atoms with van der Waals surface area (Å²) in [6.45, 7) is 1.47. The van der Waals surface area contributed by atoms with Gasteiger partial charge < -0.3 is 10.5 Å². The van der Waals surface area contributed by atoms with Gasteiger partial charge in [-0.05, 0) is 31.5 Å². The average Bonchev–Trinajstić information content (AvgIpc) is 2.14. The van der Waals surface area contributed by atoms with Gasteiger partial charge in [0, 0.05) is 12.4 Å². The molecule has 0 atom stereocenters. The standard InChI is InChI=1S/C9H14N2O/c10-5-1-2-8-12-9-3-6-11-7-4-9/h3-4,6-7H,1-2,5,8,10H2. The quantitative estimate of drug-likeness (QED) is 0.668. The monoisotopic (exact) mass is 166 g/mol. The van der Waals surface area contributed by atoms with Gasteiger partial charge in [-0.1, -0.05) is 0 Å². The van der Waals surface area contributed by atoms with E-state index in [9.17, 15) is 0 Å². The molecular weight excluding hydrogens is 152 g/mol. The summed E-state index contributed by atoms with van der Waals surface area (Å²) in [7, 11) is 0. The predicted molar refractivity (Wildman–Crippen MR) is 48.0 cm³/mol. The molecule has 66 valence electrons. The largest absolute Gasteiger partial charge is 0.493 e. The van der Waals surface area contributed by atoms with Crippen LogP contribution in [0.2, 0.25) is 0 Å². The van der Waals surface area contributed by atoms with E-state index in [1.165, 1.54) is 0 Å². The number of ether oxygens (including phenoxy) is 1. The van der Waals surface area contributed by atoms with Crippen molar-refractivity contribution in [1.82, 2.24) is 4.98 Å². The third kappa shape index (κ3) is 3.34. The van der Waals surface area contributed by atoms with Gasteiger partial charge in [-0.2, -0.15) is 0 Å². The van der Waals surface area contributed by atoms with Gasteiger partial charge >= 0.3 is 0 Å². The average molecular weight is 166 g/mol. The lowest BCUT2D eigenvalue weighted by atomic mass is 10.3. The van der Waals surface area contributed by atoms with Gasteiger partial charge in [-0.3, -0.25) is 4.98 Å². The van der Waals surface area contributed by atoms with Crippen LogP contribution in [0.3, 0.4) is 0 Å². The molecule has 1 aromatic rings. The molecule has 0 aromatic carbocycles. The van der Waals surface area contributed by atoms with Crippen LogP contribution in [0.15, 0.2) is 24.5 Å². The molecule has 0 radical (unpaired) electrons. The van der Waals surface area contributed by atoms with Gasteiger partial charge in [0.25, 0.3) is 0 Å². The van der Waals surface area contributed by atoms with Crippen molar-refractivity contribution in [3.63, 3.8) is 0 Å². The molecule has 0 aliphatic rings. The summed E-state index contributed by atoms with van der Waals surface area (Å²) in [4.78, 5) is 3.89. The Morgan fingerprint density at radius 2 is 2.00 bits per heavy atom. The van der Waals surface area contributed by atoms with E-state index in [0.717, 1.165) is 31.7 Å². The Bertz CT molecular complexity index is 201. The molecule has 0 spiro atoms. The topological polar surface area (TPSA) is 48.1 Å². The molecule has 1 rings (SSSR count). The third-order valence-corrected chi connectivity index (χ3v) is 1.52. The van der Waals surface area contributed by atoms with E-state index in [1.807, 2.05) is 12.1 Å². The molecule has 0 aliphatic carbocycles. The van der Waals surface area contributed by atoms with Crippen LogP contribution < -0.4 is 10.5 Å². The Morgan fingerprint density at radius 1 is 1.25 bits per heavy atom. The first-order valence-corrected chi connectivity index (χ1v) is 4.16. The maximum atomic E-state index is 5.41. The van der Waals surface area contributed by atoms with Crippen molar-refractivity contribution in [2.24, 2.45) is 5.73 Å². The number of rotatable bonds is 5. The van der Waals surface area contributed by atoms with E-state index in [0.29, 0.717) is 0 Å². The zero-order valence-electron chi connectivity index (χ0n) is 7.07. The van der Waals surface area contributed by atoms with E-state index in [1.54, 1.807) is 12.4 Å². The molecule has 0 saturated heterocycles. The SMILES string of the molecule is NCCCCOc1ccncc1. The molecule has 1 heterocycles. The predicted octanol–water partition coefficient (Wildman–Crippen LogP) is 1.20. The number of nitrogens with zero attached hydrogens (tertiary/aromatic N) is 1. The van der Waals surface area contributed by atoms with E-state index in [-0.39, 0.29) is 0 Å². The lowest BCUT2D eigenvalue weighted by Gasteiger charge is -2.03. The Balaban J connectivity index is 2.16. The first-order valence-electron chi connectivity index (χ1n) is 4.16. The molecule has 0 saturated carbocycles. The summed E-state index contributed by atoms with van der Waals surface area (Å²) < 4.78 is 5.41. The molecule has 0 unspecified atom stereocenters. The van der Waals surface area contributed by atoms with Crippen LogP contribution in [-0.2, 0) is 0 Å². The zero-order valence-corrected chi connectivity index (χ0v) is 7.07. The zero-order chi connectivity index (χ0) is 8.65. The van der Waals surface area contributed by atoms with Crippen LogP contribution in [0.4, 0.5) is 0 Å². The van der Waals surface area contributed by atoms with E-state index < -0.39 is 0 Å². The third-order valence-electron chi connectivity index (χ3n) is 1.52. The van der Waals surface area contributed by atoms with Crippen LogP contribution in [-0.4, -0.2) is 18.1 Å². The van der Waals surface area contributed by atoms with Crippen molar-refractivity contribution in [2.45, 2.75) is 12.8 Å². The molecule has 0 fully saturated rings. The minimum atomic E-state index is 0.736. The lowest BCUT2D eigenvalue weighted by Crippen LogP contribution is -2.03. The summed E-state index contributed by atoms with van der Waals surface area (Å²) in [6, 6.07) is 3.70. The fourth-order valence-corrected chi connectivity index (χ4v) is 0.871. The molecule has 2 N–H and O–H groups in total. The lowest BCUT2D eigenvalue weighted by molar-refractivity contribution is 0.307. The number of hydrogen-bond donors (Lipinski definition) is 1. The van der Waals surface area contributed by atoms with Gasteiger partial charge in [-0.25, -0.2) is 0 Å². The Hall–Kier alpha value is -1.09. The molecule has 3 nitrogen and oxygen atoms in total. The van der Waals surface area contributed by atoms with Crippen LogP contribution in [0.5, 0.6) is 5.75 Å². The molecule has 12 heavy (non-hydrogen) atoms. The summed E-state index contributed by atoms with van der Waals surface area (Å²) >= 11 is 0. The van der Waals surface area contributed by atoms with E-state index >= 15 is 0 Å². The fourth-order valence-electron chi connectivity index (χ4n) is 0.871. The highest BCUT2D eigenvalue weighted by atomic mass is 16.5. The van der Waals surface area contributed by atoms with Gasteiger partial charge in [0.05, 0.1) is 6.61 Å². The first-order chi connectivity index (χ1) is 5.93. The minimum Gasteiger partial charge on any atom is -0.493 e. The Morgan fingerprint density at radius 3 is 2.67 bits per heavy atom. The highest BCUT2D eigenvalue weighted by Gasteiger charge is 1.90. The van der Waals surface area contributed by atoms with Gasteiger partial charge in [0.2, 0.25) is 0 Å². The molecule has 0 bridgehead atoms. The molecule has 3 heteroatoms. The maximum absolute atomic E-state index is 5.41. The van der Waals surface area contributed by atoms with Crippen molar-refractivity contribution in [1.29, 1.82) is 0 Å². The van der Waals surface area contributed by atoms with E-state index in [4.69, 9.17) is 10.5 Å². The van der Waals surface area contributed by atoms with Crippen molar-refractivity contribution < 1.29 is 4.74 Å². The highest BCUT2D eigenvalue weighted by molar-refractivity contribution is 5.16. The summed E-state index contributed by atoms with van der Waals surface area (Å²) in [5.41, 5.74) is 5.34. The second-order valence-corrected chi connectivity index (χ2v) is 2.53. The van der Waals surface area contributed by atoms with Crippen LogP contribution in [0.1, 0.15) is 12.8 Å². The van der Waals surface area contributed by atoms with Gasteiger partial charge in [0.1, 0.15) is 5.75 Å². The second kappa shape index (κ2) is 5.55. The number of nitrogens with two attached hydrogens (primary N) is 1. The van der Waals surface area contributed by atoms with Crippen LogP contribution in [0.25, 0.3) is 0 Å². The molecule has 1 aromatic heterocycles. The summed E-state index contributed by atoms with van der Waals surface area (Å²) in [5, 5.41) is 0. The fraction of sp³-hybridized carbons (Fsp3) is 0.444. The highest BCUT2D eigenvalue weighted by Crippen LogP contribution is 2.06. The van der Waals surface area contributed by atoms with Crippen LogP contribution in [0, 0.1) is 0 Å². The van der Waals surface area contributed by atoms with Crippen LogP contribution >= 0.6 is 0 Å². The van der Waals surface area contributed by atoms with E-state index in [2.05, 4.69) is 4.98 Å². The second-order valence-electron chi connectivity index (χ2n) is 2.53. The molecular formula is C9H14N2O. The summed E-state index contributed by atoms with van der Waals surface area (Å²) in [5.74, 6) is 0.877. The number of unbranched alkanes of at least 4 members (excludes halogenated alkanes) is 1. The Labute approximate surface area is 72.6 Å². The van der Waals surface area contributed by atoms with Crippen molar-refractivity contribution in [2.75, 3.05) is 13.2 Å². The van der Waals surface area contributed by atoms with Crippen molar-refractivity contribution >= 4 is 0 Å². The minimum absolute atomic E-state index is 0.736. The normalized spacial score (nSPS) is 9.75. The molecule has 0 amide bonds. The number of hydrogen-bond acceptors (Lipinski definition) is 3.